The number of unbranched alkanes of at least 4 members (excludes halogenated alkanes) is 1. The SMILES string of the molecule is CCCCNC(=O)C(CC)N(Cc1cccc(OC)c1)C(=O)CSCc1ccc(OC)cc1. The van der Waals surface area contributed by atoms with Crippen molar-refractivity contribution in [3.8, 4) is 11.5 Å². The van der Waals surface area contributed by atoms with Crippen LogP contribution in [-0.4, -0.2) is 49.3 Å². The van der Waals surface area contributed by atoms with E-state index >= 15 is 0 Å². The lowest BCUT2D eigenvalue weighted by Gasteiger charge is -2.30. The van der Waals surface area contributed by atoms with E-state index in [-0.39, 0.29) is 11.8 Å². The van der Waals surface area contributed by atoms with Crippen LogP contribution in [0.15, 0.2) is 48.5 Å². The van der Waals surface area contributed by atoms with Gasteiger partial charge in [-0.15, -0.1) is 11.8 Å². The summed E-state index contributed by atoms with van der Waals surface area (Å²) in [5, 5.41) is 2.99. The minimum Gasteiger partial charge on any atom is -0.497 e. The zero-order chi connectivity index (χ0) is 24.1. The lowest BCUT2D eigenvalue weighted by molar-refractivity contribution is -0.139. The lowest BCUT2D eigenvalue weighted by atomic mass is 10.1. The fraction of sp³-hybridized carbons (Fsp3) is 0.462. The molecule has 0 bridgehead atoms. The highest BCUT2D eigenvalue weighted by Gasteiger charge is 2.28. The molecular formula is C26H36N2O4S. The Morgan fingerprint density at radius 2 is 1.73 bits per heavy atom. The first-order valence-corrected chi connectivity index (χ1v) is 12.6. The molecule has 0 fully saturated rings. The Balaban J connectivity index is 2.10. The molecule has 0 spiro atoms. The summed E-state index contributed by atoms with van der Waals surface area (Å²) in [4.78, 5) is 27.9. The first-order chi connectivity index (χ1) is 16.0. The highest BCUT2D eigenvalue weighted by atomic mass is 32.2. The smallest absolute Gasteiger partial charge is 0.242 e. The maximum absolute atomic E-state index is 13.3. The molecule has 0 aromatic heterocycles. The first-order valence-electron chi connectivity index (χ1n) is 11.4. The number of ether oxygens (including phenoxy) is 2. The molecule has 0 aliphatic carbocycles. The topological polar surface area (TPSA) is 67.9 Å². The van der Waals surface area contributed by atoms with Crippen molar-refractivity contribution in [1.29, 1.82) is 0 Å². The zero-order valence-corrected chi connectivity index (χ0v) is 21.0. The van der Waals surface area contributed by atoms with Crippen LogP contribution >= 0.6 is 11.8 Å². The highest BCUT2D eigenvalue weighted by molar-refractivity contribution is 7.99. The predicted molar refractivity (Wildman–Crippen MR) is 135 cm³/mol. The molecule has 1 N–H and O–H groups in total. The summed E-state index contributed by atoms with van der Waals surface area (Å²) in [7, 11) is 3.26. The van der Waals surface area contributed by atoms with E-state index < -0.39 is 6.04 Å². The second kappa shape index (κ2) is 14.5. The minimum absolute atomic E-state index is 0.0474. The standard InChI is InChI=1S/C26H36N2O4S/c1-5-7-15-27-26(30)24(6-2)28(17-21-9-8-10-23(16-21)32-4)25(29)19-33-18-20-11-13-22(31-3)14-12-20/h8-14,16,24H,5-7,15,17-19H2,1-4H3,(H,27,30). The quantitative estimate of drug-likeness (QED) is 0.405. The zero-order valence-electron chi connectivity index (χ0n) is 20.1. The molecule has 7 heteroatoms. The Bertz CT molecular complexity index is 873. The van der Waals surface area contributed by atoms with Crippen LogP contribution in [0.2, 0.25) is 0 Å². The molecule has 2 aromatic rings. The van der Waals surface area contributed by atoms with Crippen molar-refractivity contribution in [1.82, 2.24) is 10.2 Å². The van der Waals surface area contributed by atoms with Crippen molar-refractivity contribution < 1.29 is 19.1 Å². The molecule has 1 atom stereocenters. The number of nitrogens with one attached hydrogen (secondary N) is 1. The van der Waals surface area contributed by atoms with Crippen molar-refractivity contribution in [2.45, 2.75) is 51.4 Å². The average molecular weight is 473 g/mol. The van der Waals surface area contributed by atoms with Gasteiger partial charge >= 0.3 is 0 Å². The molecule has 1 unspecified atom stereocenters. The molecule has 0 aliphatic rings. The fourth-order valence-corrected chi connectivity index (χ4v) is 4.32. The van der Waals surface area contributed by atoms with E-state index in [4.69, 9.17) is 9.47 Å². The van der Waals surface area contributed by atoms with E-state index in [2.05, 4.69) is 12.2 Å². The molecule has 180 valence electrons. The molecule has 33 heavy (non-hydrogen) atoms. The summed E-state index contributed by atoms with van der Waals surface area (Å²) in [6.45, 7) is 5.01. The molecule has 2 aromatic carbocycles. The third-order valence-corrected chi connectivity index (χ3v) is 6.34. The molecule has 2 rings (SSSR count). The Kier molecular flexibility index (Phi) is 11.7. The lowest BCUT2D eigenvalue weighted by Crippen LogP contribution is -2.49. The van der Waals surface area contributed by atoms with E-state index in [1.807, 2.05) is 55.5 Å². The minimum atomic E-state index is -0.512. The van der Waals surface area contributed by atoms with Gasteiger partial charge in [-0.1, -0.05) is 44.5 Å². The van der Waals surface area contributed by atoms with Gasteiger partial charge in [0, 0.05) is 18.8 Å². The Hall–Kier alpha value is -2.67. The number of nitrogens with zero attached hydrogens (tertiary/aromatic N) is 1. The van der Waals surface area contributed by atoms with Gasteiger partial charge in [-0.25, -0.2) is 0 Å². The van der Waals surface area contributed by atoms with Crippen LogP contribution in [0.3, 0.4) is 0 Å². The first kappa shape index (κ1) is 26.6. The molecule has 0 saturated carbocycles. The average Bonchev–Trinajstić information content (AvgIpc) is 2.84. The molecule has 6 nitrogen and oxygen atoms in total. The van der Waals surface area contributed by atoms with Gasteiger partial charge in [0.15, 0.2) is 0 Å². The third-order valence-electron chi connectivity index (χ3n) is 5.36. The van der Waals surface area contributed by atoms with Gasteiger partial charge in [0.2, 0.25) is 11.8 Å². The van der Waals surface area contributed by atoms with Crippen molar-refractivity contribution in [3.05, 3.63) is 59.7 Å². The second-order valence-electron chi connectivity index (χ2n) is 7.78. The van der Waals surface area contributed by atoms with Gasteiger partial charge in [-0.3, -0.25) is 9.59 Å². The molecule has 0 aliphatic heterocycles. The number of hydrogen-bond acceptors (Lipinski definition) is 5. The van der Waals surface area contributed by atoms with Gasteiger partial charge in [-0.2, -0.15) is 0 Å². The van der Waals surface area contributed by atoms with Crippen molar-refractivity contribution in [2.24, 2.45) is 0 Å². The number of carbonyl (C=O) groups excluding carboxylic acids is 2. The van der Waals surface area contributed by atoms with Crippen molar-refractivity contribution >= 4 is 23.6 Å². The van der Waals surface area contributed by atoms with Crippen LogP contribution in [0, 0.1) is 0 Å². The van der Waals surface area contributed by atoms with Gasteiger partial charge in [-0.05, 0) is 48.2 Å². The monoisotopic (exact) mass is 472 g/mol. The van der Waals surface area contributed by atoms with E-state index in [1.54, 1.807) is 30.9 Å². The maximum atomic E-state index is 13.3. The van der Waals surface area contributed by atoms with Crippen LogP contribution in [0.25, 0.3) is 0 Å². The third kappa shape index (κ3) is 8.65. The van der Waals surface area contributed by atoms with E-state index in [0.717, 1.165) is 35.5 Å². The van der Waals surface area contributed by atoms with Crippen LogP contribution in [0.5, 0.6) is 11.5 Å². The van der Waals surface area contributed by atoms with E-state index in [1.165, 1.54) is 0 Å². The Labute approximate surface area is 202 Å². The van der Waals surface area contributed by atoms with Crippen LogP contribution in [0.1, 0.15) is 44.2 Å². The normalized spacial score (nSPS) is 11.5. The highest BCUT2D eigenvalue weighted by Crippen LogP contribution is 2.20. The second-order valence-corrected chi connectivity index (χ2v) is 8.77. The maximum Gasteiger partial charge on any atom is 0.242 e. The summed E-state index contributed by atoms with van der Waals surface area (Å²) in [6.07, 6.45) is 2.48. The van der Waals surface area contributed by atoms with Crippen LogP contribution in [-0.2, 0) is 21.9 Å². The van der Waals surface area contributed by atoms with Gasteiger partial charge in [0.05, 0.1) is 20.0 Å². The van der Waals surface area contributed by atoms with Gasteiger partial charge in [0.25, 0.3) is 0 Å². The number of methoxy groups -OCH3 is 2. The van der Waals surface area contributed by atoms with Crippen molar-refractivity contribution in [2.75, 3.05) is 26.5 Å². The van der Waals surface area contributed by atoms with Gasteiger partial charge in [0.1, 0.15) is 17.5 Å². The van der Waals surface area contributed by atoms with Crippen molar-refractivity contribution in [3.63, 3.8) is 0 Å². The van der Waals surface area contributed by atoms with E-state index in [0.29, 0.717) is 31.0 Å². The Morgan fingerprint density at radius 3 is 2.36 bits per heavy atom. The Morgan fingerprint density at radius 1 is 1.00 bits per heavy atom. The summed E-state index contributed by atoms with van der Waals surface area (Å²) in [5.41, 5.74) is 2.06. The number of hydrogen-bond donors (Lipinski definition) is 1. The molecule has 2 amide bonds. The molecule has 0 heterocycles. The number of thioether (sulfide) groups is 1. The van der Waals surface area contributed by atoms with Gasteiger partial charge < -0.3 is 19.7 Å². The van der Waals surface area contributed by atoms with Crippen LogP contribution in [0.4, 0.5) is 0 Å². The fourth-order valence-electron chi connectivity index (χ4n) is 3.45. The molecule has 0 radical (unpaired) electrons. The molecular weight excluding hydrogens is 436 g/mol. The summed E-state index contributed by atoms with van der Waals surface area (Å²) in [5.74, 6) is 2.41. The largest absolute Gasteiger partial charge is 0.497 e. The van der Waals surface area contributed by atoms with E-state index in [9.17, 15) is 9.59 Å². The number of amides is 2. The number of benzene rings is 2. The summed E-state index contributed by atoms with van der Waals surface area (Å²) >= 11 is 1.55. The predicted octanol–water partition coefficient (Wildman–Crippen LogP) is 4.66. The molecule has 0 saturated heterocycles. The number of carbonyl (C=O) groups is 2. The summed E-state index contributed by atoms with van der Waals surface area (Å²) < 4.78 is 10.5. The summed E-state index contributed by atoms with van der Waals surface area (Å²) in [6, 6.07) is 15.0. The number of rotatable bonds is 14. The van der Waals surface area contributed by atoms with Crippen LogP contribution < -0.4 is 14.8 Å².